The van der Waals surface area contributed by atoms with E-state index in [2.05, 4.69) is 34.6 Å². The molecule has 0 spiro atoms. The lowest BCUT2D eigenvalue weighted by atomic mass is 10.0. The van der Waals surface area contributed by atoms with Gasteiger partial charge in [-0.15, -0.1) is 5.10 Å². The number of aryl methyl sites for hydroxylation is 1. The van der Waals surface area contributed by atoms with Gasteiger partial charge in [0.05, 0.1) is 5.69 Å². The Morgan fingerprint density at radius 2 is 1.88 bits per heavy atom. The highest BCUT2D eigenvalue weighted by Gasteiger charge is 2.06. The van der Waals surface area contributed by atoms with Crippen molar-refractivity contribution in [3.63, 3.8) is 0 Å². The molecule has 3 nitrogen and oxygen atoms in total. The van der Waals surface area contributed by atoms with E-state index in [4.69, 9.17) is 0 Å². The van der Waals surface area contributed by atoms with Crippen molar-refractivity contribution in [1.29, 1.82) is 0 Å². The molecule has 0 fully saturated rings. The summed E-state index contributed by atoms with van der Waals surface area (Å²) in [6, 6.07) is 12.3. The van der Waals surface area contributed by atoms with Gasteiger partial charge in [0.1, 0.15) is 5.82 Å². The molecule has 1 aromatic carbocycles. The van der Waals surface area contributed by atoms with Crippen molar-refractivity contribution < 1.29 is 0 Å². The molecular weight excluding hydrogens is 198 g/mol. The van der Waals surface area contributed by atoms with Crippen molar-refractivity contribution in [2.24, 2.45) is 0 Å². The molecule has 0 bridgehead atoms. The molecule has 1 N–H and O–H groups in total. The highest BCUT2D eigenvalue weighted by molar-refractivity contribution is 5.68. The summed E-state index contributed by atoms with van der Waals surface area (Å²) in [6.07, 6.45) is 0.890. The van der Waals surface area contributed by atoms with Gasteiger partial charge in [0.2, 0.25) is 0 Å². The van der Waals surface area contributed by atoms with Crippen molar-refractivity contribution in [1.82, 2.24) is 10.2 Å². The van der Waals surface area contributed by atoms with Crippen LogP contribution < -0.4 is 5.32 Å². The summed E-state index contributed by atoms with van der Waals surface area (Å²) < 4.78 is 0. The lowest BCUT2D eigenvalue weighted by Gasteiger charge is -2.08. The maximum Gasteiger partial charge on any atom is 0.149 e. The van der Waals surface area contributed by atoms with Crippen LogP contribution in [0.4, 0.5) is 5.82 Å². The van der Waals surface area contributed by atoms with Crippen LogP contribution in [0, 0.1) is 0 Å². The van der Waals surface area contributed by atoms with Crippen LogP contribution in [0.1, 0.15) is 12.6 Å². The molecule has 1 heterocycles. The van der Waals surface area contributed by atoms with Crippen LogP contribution in [0.15, 0.2) is 36.4 Å². The van der Waals surface area contributed by atoms with E-state index in [-0.39, 0.29) is 0 Å². The number of nitrogens with one attached hydrogen (secondary N) is 1. The Kier molecular flexibility index (Phi) is 3.15. The predicted molar refractivity (Wildman–Crippen MR) is 66.4 cm³/mol. The quantitative estimate of drug-likeness (QED) is 0.851. The number of hydrogen-bond donors (Lipinski definition) is 1. The van der Waals surface area contributed by atoms with Crippen molar-refractivity contribution in [3.8, 4) is 11.1 Å². The second-order valence-corrected chi connectivity index (χ2v) is 3.56. The first kappa shape index (κ1) is 10.6. The van der Waals surface area contributed by atoms with E-state index in [0.29, 0.717) is 0 Å². The molecular formula is C13H15N3. The Hall–Kier alpha value is -1.90. The van der Waals surface area contributed by atoms with Crippen LogP contribution in [-0.2, 0) is 6.42 Å². The van der Waals surface area contributed by atoms with Gasteiger partial charge >= 0.3 is 0 Å². The largest absolute Gasteiger partial charge is 0.372 e. The maximum absolute atomic E-state index is 4.23. The van der Waals surface area contributed by atoms with Crippen molar-refractivity contribution in [2.75, 3.05) is 12.4 Å². The Labute approximate surface area is 95.5 Å². The van der Waals surface area contributed by atoms with Gasteiger partial charge in [0, 0.05) is 12.6 Å². The maximum atomic E-state index is 4.23. The molecule has 0 unspecified atom stereocenters. The standard InChI is InChI=1S/C13H15N3/c1-3-12-11(9-13(14-2)16-15-12)10-7-5-4-6-8-10/h4-9H,3H2,1-2H3,(H,14,16). The van der Waals surface area contributed by atoms with Gasteiger partial charge in [0.15, 0.2) is 0 Å². The summed E-state index contributed by atoms with van der Waals surface area (Å²) in [7, 11) is 1.85. The topological polar surface area (TPSA) is 37.8 Å². The zero-order valence-corrected chi connectivity index (χ0v) is 9.57. The molecule has 0 aliphatic heterocycles. The van der Waals surface area contributed by atoms with Gasteiger partial charge in [-0.1, -0.05) is 37.3 Å². The van der Waals surface area contributed by atoms with E-state index in [0.717, 1.165) is 23.5 Å². The van der Waals surface area contributed by atoms with Gasteiger partial charge in [0.25, 0.3) is 0 Å². The summed E-state index contributed by atoms with van der Waals surface area (Å²) >= 11 is 0. The second-order valence-electron chi connectivity index (χ2n) is 3.56. The number of nitrogens with zero attached hydrogens (tertiary/aromatic N) is 2. The lowest BCUT2D eigenvalue weighted by Crippen LogP contribution is -2.00. The number of rotatable bonds is 3. The van der Waals surface area contributed by atoms with Crippen molar-refractivity contribution in [2.45, 2.75) is 13.3 Å². The van der Waals surface area contributed by atoms with E-state index >= 15 is 0 Å². The van der Waals surface area contributed by atoms with Crippen LogP contribution in [0.3, 0.4) is 0 Å². The van der Waals surface area contributed by atoms with Gasteiger partial charge in [-0.3, -0.25) is 0 Å². The molecule has 1 aromatic heterocycles. The minimum atomic E-state index is 0.802. The third kappa shape index (κ3) is 2.03. The Bertz CT molecular complexity index is 466. The fourth-order valence-corrected chi connectivity index (χ4v) is 1.67. The molecule has 0 aliphatic carbocycles. The molecule has 82 valence electrons. The fraction of sp³-hybridized carbons (Fsp3) is 0.231. The minimum Gasteiger partial charge on any atom is -0.372 e. The number of anilines is 1. The monoisotopic (exact) mass is 213 g/mol. The second kappa shape index (κ2) is 4.75. The molecule has 0 saturated heterocycles. The van der Waals surface area contributed by atoms with E-state index < -0.39 is 0 Å². The smallest absolute Gasteiger partial charge is 0.149 e. The molecule has 0 aliphatic rings. The number of benzene rings is 1. The molecule has 0 radical (unpaired) electrons. The average Bonchev–Trinajstić information content (AvgIpc) is 2.39. The summed E-state index contributed by atoms with van der Waals surface area (Å²) in [6.45, 7) is 2.09. The van der Waals surface area contributed by atoms with E-state index in [1.807, 2.05) is 31.3 Å². The molecule has 0 saturated carbocycles. The molecule has 16 heavy (non-hydrogen) atoms. The highest BCUT2D eigenvalue weighted by atomic mass is 15.2. The van der Waals surface area contributed by atoms with Crippen LogP contribution in [-0.4, -0.2) is 17.2 Å². The minimum absolute atomic E-state index is 0.802. The zero-order chi connectivity index (χ0) is 11.4. The average molecular weight is 213 g/mol. The third-order valence-electron chi connectivity index (χ3n) is 2.55. The predicted octanol–water partition coefficient (Wildman–Crippen LogP) is 2.75. The molecule has 0 amide bonds. The van der Waals surface area contributed by atoms with Gasteiger partial charge in [-0.05, 0) is 18.1 Å². The first-order valence-electron chi connectivity index (χ1n) is 5.45. The van der Waals surface area contributed by atoms with Crippen LogP contribution in [0.2, 0.25) is 0 Å². The molecule has 2 aromatic rings. The van der Waals surface area contributed by atoms with Crippen LogP contribution >= 0.6 is 0 Å². The third-order valence-corrected chi connectivity index (χ3v) is 2.55. The zero-order valence-electron chi connectivity index (χ0n) is 9.57. The van der Waals surface area contributed by atoms with Gasteiger partial charge in [-0.2, -0.15) is 5.10 Å². The lowest BCUT2D eigenvalue weighted by molar-refractivity contribution is 0.925. The summed E-state index contributed by atoms with van der Waals surface area (Å²) in [5.41, 5.74) is 3.37. The molecule has 3 heteroatoms. The summed E-state index contributed by atoms with van der Waals surface area (Å²) in [5.74, 6) is 0.802. The normalized spacial score (nSPS) is 10.1. The van der Waals surface area contributed by atoms with E-state index in [9.17, 15) is 0 Å². The van der Waals surface area contributed by atoms with E-state index in [1.165, 1.54) is 5.56 Å². The molecule has 2 rings (SSSR count). The fourth-order valence-electron chi connectivity index (χ4n) is 1.67. The first-order valence-corrected chi connectivity index (χ1v) is 5.45. The number of hydrogen-bond acceptors (Lipinski definition) is 3. The Morgan fingerprint density at radius 1 is 1.12 bits per heavy atom. The van der Waals surface area contributed by atoms with Crippen LogP contribution in [0.25, 0.3) is 11.1 Å². The van der Waals surface area contributed by atoms with E-state index in [1.54, 1.807) is 0 Å². The van der Waals surface area contributed by atoms with Gasteiger partial charge < -0.3 is 5.32 Å². The Balaban J connectivity index is 2.53. The highest BCUT2D eigenvalue weighted by Crippen LogP contribution is 2.24. The summed E-state index contributed by atoms with van der Waals surface area (Å²) in [4.78, 5) is 0. The molecule has 0 atom stereocenters. The van der Waals surface area contributed by atoms with Crippen molar-refractivity contribution >= 4 is 5.82 Å². The Morgan fingerprint density at radius 3 is 2.50 bits per heavy atom. The van der Waals surface area contributed by atoms with Crippen LogP contribution in [0.5, 0.6) is 0 Å². The SMILES string of the molecule is CCc1nnc(NC)cc1-c1ccccc1. The number of aromatic nitrogens is 2. The van der Waals surface area contributed by atoms with Gasteiger partial charge in [-0.25, -0.2) is 0 Å². The summed E-state index contributed by atoms with van der Waals surface area (Å²) in [5, 5.41) is 11.3. The van der Waals surface area contributed by atoms with Crippen molar-refractivity contribution in [3.05, 3.63) is 42.1 Å². The first-order chi connectivity index (χ1) is 7.85.